The Kier molecular flexibility index (Phi) is 4.87. The Morgan fingerprint density at radius 1 is 0.465 bits per heavy atom. The Bertz CT molecular complexity index is 2710. The molecular formula is C38H20N4S. The van der Waals surface area contributed by atoms with Crippen LogP contribution >= 0.6 is 11.3 Å². The monoisotopic (exact) mass is 564 g/mol. The Balaban J connectivity index is 1.37. The lowest BCUT2D eigenvalue weighted by Gasteiger charge is -2.13. The van der Waals surface area contributed by atoms with Crippen molar-refractivity contribution in [3.8, 4) is 23.5 Å². The molecule has 0 aliphatic rings. The first-order chi connectivity index (χ1) is 21.2. The molecule has 0 aliphatic carbocycles. The summed E-state index contributed by atoms with van der Waals surface area (Å²) in [5.74, 6) is 0. The highest BCUT2D eigenvalue weighted by molar-refractivity contribution is 7.26. The number of thiophene rings is 1. The van der Waals surface area contributed by atoms with E-state index in [0.29, 0.717) is 11.1 Å². The van der Waals surface area contributed by atoms with Crippen molar-refractivity contribution in [1.29, 1.82) is 10.5 Å². The Hall–Kier alpha value is -5.88. The fraction of sp³-hybridized carbons (Fsp3) is 0. The zero-order chi connectivity index (χ0) is 28.7. The second kappa shape index (κ2) is 8.81. The smallest absolute Gasteiger partial charge is 0.0991 e. The number of aromatic nitrogens is 2. The van der Waals surface area contributed by atoms with Gasteiger partial charge in [-0.15, -0.1) is 11.3 Å². The van der Waals surface area contributed by atoms with E-state index in [1.54, 1.807) is 11.3 Å². The Morgan fingerprint density at radius 2 is 1.07 bits per heavy atom. The first-order valence-corrected chi connectivity index (χ1v) is 14.9. The van der Waals surface area contributed by atoms with Crippen molar-refractivity contribution in [1.82, 2.24) is 9.13 Å². The van der Waals surface area contributed by atoms with Crippen LogP contribution in [0.2, 0.25) is 0 Å². The van der Waals surface area contributed by atoms with Gasteiger partial charge in [-0.1, -0.05) is 54.6 Å². The average Bonchev–Trinajstić information content (AvgIpc) is 3.71. The van der Waals surface area contributed by atoms with Crippen molar-refractivity contribution in [2.24, 2.45) is 0 Å². The van der Waals surface area contributed by atoms with Crippen LogP contribution in [0, 0.1) is 22.7 Å². The van der Waals surface area contributed by atoms with Crippen molar-refractivity contribution in [2.45, 2.75) is 0 Å². The zero-order valence-corrected chi connectivity index (χ0v) is 23.6. The van der Waals surface area contributed by atoms with Crippen molar-refractivity contribution < 1.29 is 0 Å². The van der Waals surface area contributed by atoms with Crippen LogP contribution in [0.15, 0.2) is 121 Å². The lowest BCUT2D eigenvalue weighted by atomic mass is 10.1. The molecule has 0 radical (unpaired) electrons. The van der Waals surface area contributed by atoms with E-state index in [0.717, 1.165) is 44.1 Å². The highest BCUT2D eigenvalue weighted by Gasteiger charge is 2.19. The number of nitriles is 2. The number of benzene rings is 6. The third-order valence-electron chi connectivity index (χ3n) is 8.55. The van der Waals surface area contributed by atoms with Crippen molar-refractivity contribution >= 4 is 75.1 Å². The largest absolute Gasteiger partial charge is 0.309 e. The minimum Gasteiger partial charge on any atom is -0.309 e. The number of para-hydroxylation sites is 2. The normalized spacial score (nSPS) is 11.7. The van der Waals surface area contributed by atoms with Crippen LogP contribution in [-0.4, -0.2) is 9.13 Å². The molecule has 0 unspecified atom stereocenters. The second-order valence-corrected chi connectivity index (χ2v) is 11.9. The van der Waals surface area contributed by atoms with Gasteiger partial charge in [-0.05, 0) is 66.7 Å². The van der Waals surface area contributed by atoms with E-state index in [4.69, 9.17) is 0 Å². The number of hydrogen-bond acceptors (Lipinski definition) is 3. The molecule has 0 amide bonds. The lowest BCUT2D eigenvalue weighted by Crippen LogP contribution is -1.98. The molecule has 6 aromatic carbocycles. The standard InChI is InChI=1S/C38H20N4S/c39-21-23-12-16-35-31(18-23)28-9-2-3-10-33(28)41(35)25-6-5-7-26(20-25)42-34-11-4-1-8-27(34)29-14-15-30-32-19-24(22-40)13-17-36(32)43-38(30)37(29)42/h1-20H. The molecule has 0 bridgehead atoms. The molecule has 43 heavy (non-hydrogen) atoms. The SMILES string of the molecule is N#Cc1ccc2sc3c(ccc4c5ccccc5n(-c5cccc(-n6c7ccccc7c7cc(C#N)ccc76)c5)c43)c2c1. The molecule has 3 heterocycles. The maximum Gasteiger partial charge on any atom is 0.0991 e. The summed E-state index contributed by atoms with van der Waals surface area (Å²) in [6, 6.07) is 46.6. The third-order valence-corrected chi connectivity index (χ3v) is 9.74. The quantitative estimate of drug-likeness (QED) is 0.210. The van der Waals surface area contributed by atoms with Gasteiger partial charge in [0, 0.05) is 48.4 Å². The van der Waals surface area contributed by atoms with Gasteiger partial charge in [-0.3, -0.25) is 0 Å². The van der Waals surface area contributed by atoms with Gasteiger partial charge in [-0.25, -0.2) is 0 Å². The van der Waals surface area contributed by atoms with Crippen LogP contribution in [0.25, 0.3) is 75.2 Å². The van der Waals surface area contributed by atoms with Crippen LogP contribution in [0.1, 0.15) is 11.1 Å². The number of hydrogen-bond donors (Lipinski definition) is 0. The van der Waals surface area contributed by atoms with Crippen LogP contribution < -0.4 is 0 Å². The topological polar surface area (TPSA) is 57.4 Å². The van der Waals surface area contributed by atoms with Crippen LogP contribution in [0.5, 0.6) is 0 Å². The van der Waals surface area contributed by atoms with Crippen LogP contribution in [0.4, 0.5) is 0 Å². The zero-order valence-electron chi connectivity index (χ0n) is 22.7. The van der Waals surface area contributed by atoms with Gasteiger partial charge in [0.25, 0.3) is 0 Å². The predicted octanol–water partition coefficient (Wildman–Crippen LogP) is 9.99. The molecule has 4 nitrogen and oxygen atoms in total. The van der Waals surface area contributed by atoms with Gasteiger partial charge in [0.05, 0.1) is 50.0 Å². The van der Waals surface area contributed by atoms with Crippen molar-refractivity contribution in [3.63, 3.8) is 0 Å². The second-order valence-electron chi connectivity index (χ2n) is 10.8. The Morgan fingerprint density at radius 3 is 1.84 bits per heavy atom. The molecule has 0 aliphatic heterocycles. The average molecular weight is 565 g/mol. The molecule has 9 aromatic rings. The third kappa shape index (κ3) is 3.29. The van der Waals surface area contributed by atoms with Gasteiger partial charge in [0.1, 0.15) is 0 Å². The number of fused-ring (bicyclic) bond motifs is 10. The van der Waals surface area contributed by atoms with E-state index in [1.165, 1.54) is 31.1 Å². The molecule has 198 valence electrons. The summed E-state index contributed by atoms with van der Waals surface area (Å²) in [5, 5.41) is 26.0. The van der Waals surface area contributed by atoms with Crippen molar-refractivity contribution in [3.05, 3.63) is 132 Å². The minimum absolute atomic E-state index is 0.656. The van der Waals surface area contributed by atoms with Crippen molar-refractivity contribution in [2.75, 3.05) is 0 Å². The minimum atomic E-state index is 0.656. The fourth-order valence-corrected chi connectivity index (χ4v) is 7.93. The van der Waals surface area contributed by atoms with Gasteiger partial charge >= 0.3 is 0 Å². The molecule has 9 rings (SSSR count). The van der Waals surface area contributed by atoms with Gasteiger partial charge in [-0.2, -0.15) is 10.5 Å². The van der Waals surface area contributed by atoms with Gasteiger partial charge < -0.3 is 9.13 Å². The Labute approximate surface area is 250 Å². The van der Waals surface area contributed by atoms with Crippen LogP contribution in [-0.2, 0) is 0 Å². The maximum atomic E-state index is 9.58. The molecular weight excluding hydrogens is 545 g/mol. The summed E-state index contributed by atoms with van der Waals surface area (Å²) < 4.78 is 7.07. The van der Waals surface area contributed by atoms with Gasteiger partial charge in [0.15, 0.2) is 0 Å². The summed E-state index contributed by atoms with van der Waals surface area (Å²) in [4.78, 5) is 0. The molecule has 5 heteroatoms. The molecule has 0 fully saturated rings. The van der Waals surface area contributed by atoms with E-state index < -0.39 is 0 Å². The first-order valence-electron chi connectivity index (χ1n) is 14.1. The maximum absolute atomic E-state index is 9.58. The lowest BCUT2D eigenvalue weighted by molar-refractivity contribution is 1.14. The van der Waals surface area contributed by atoms with Crippen LogP contribution in [0.3, 0.4) is 0 Å². The molecule has 0 N–H and O–H groups in total. The van der Waals surface area contributed by atoms with E-state index in [-0.39, 0.29) is 0 Å². The molecule has 0 atom stereocenters. The van der Waals surface area contributed by atoms with E-state index in [9.17, 15) is 10.5 Å². The molecule has 0 spiro atoms. The highest BCUT2D eigenvalue weighted by atomic mass is 32.1. The summed E-state index contributed by atoms with van der Waals surface area (Å²) in [6.07, 6.45) is 0. The summed E-state index contributed by atoms with van der Waals surface area (Å²) >= 11 is 1.78. The van der Waals surface area contributed by atoms with Gasteiger partial charge in [0.2, 0.25) is 0 Å². The molecule has 0 saturated heterocycles. The van der Waals surface area contributed by atoms with E-state index >= 15 is 0 Å². The van der Waals surface area contributed by atoms with E-state index in [1.807, 2.05) is 24.3 Å². The van der Waals surface area contributed by atoms with E-state index in [2.05, 4.69) is 118 Å². The summed E-state index contributed by atoms with van der Waals surface area (Å²) in [7, 11) is 0. The predicted molar refractivity (Wildman–Crippen MR) is 177 cm³/mol. The number of rotatable bonds is 2. The molecule has 0 saturated carbocycles. The number of nitrogens with zero attached hydrogens (tertiary/aromatic N) is 4. The molecule has 3 aromatic heterocycles. The summed E-state index contributed by atoms with van der Waals surface area (Å²) in [6.45, 7) is 0. The summed E-state index contributed by atoms with van der Waals surface area (Å²) in [5.41, 5.74) is 7.96. The highest BCUT2D eigenvalue weighted by Crippen LogP contribution is 2.43. The first kappa shape index (κ1) is 23.8. The fourth-order valence-electron chi connectivity index (χ4n) is 6.71.